The summed E-state index contributed by atoms with van der Waals surface area (Å²) in [6.07, 6.45) is 0. The van der Waals surface area contributed by atoms with E-state index in [1.54, 1.807) is 20.8 Å². The molecule has 0 bridgehead atoms. The van der Waals surface area contributed by atoms with Crippen LogP contribution in [0.4, 0.5) is 0 Å². The average molecular weight is 424 g/mol. The molecular weight excluding hydrogens is 404 g/mol. The number of rotatable bonds is 5. The maximum absolute atomic E-state index is 11.5. The van der Waals surface area contributed by atoms with Crippen LogP contribution in [0.15, 0.2) is 60.7 Å². The SMILES string of the molecule is C=C(C)C(=O)Oc1ccc([Te]c2ccc(C(C)(C)O)cc2)cc1. The molecule has 0 atom stereocenters. The van der Waals surface area contributed by atoms with E-state index in [0.717, 1.165) is 5.56 Å². The van der Waals surface area contributed by atoms with Crippen LogP contribution in [0.3, 0.4) is 0 Å². The van der Waals surface area contributed by atoms with Crippen LogP contribution in [0.25, 0.3) is 0 Å². The second kappa shape index (κ2) is 7.31. The predicted molar refractivity (Wildman–Crippen MR) is 93.6 cm³/mol. The fourth-order valence-electron chi connectivity index (χ4n) is 1.84. The van der Waals surface area contributed by atoms with Crippen LogP contribution >= 0.6 is 0 Å². The molecule has 0 saturated heterocycles. The molecule has 4 heteroatoms. The Hall–Kier alpha value is -1.60. The van der Waals surface area contributed by atoms with Crippen LogP contribution < -0.4 is 12.0 Å². The summed E-state index contributed by atoms with van der Waals surface area (Å²) in [6, 6.07) is 15.7. The van der Waals surface area contributed by atoms with Gasteiger partial charge in [0.25, 0.3) is 0 Å². The number of carbonyl (C=O) groups is 1. The molecule has 2 aromatic rings. The molecule has 2 rings (SSSR count). The number of aliphatic hydroxyl groups is 1. The van der Waals surface area contributed by atoms with Gasteiger partial charge in [-0.25, -0.2) is 0 Å². The molecule has 3 nitrogen and oxygen atoms in total. The van der Waals surface area contributed by atoms with Crippen molar-refractivity contribution in [2.45, 2.75) is 26.4 Å². The fourth-order valence-corrected chi connectivity index (χ4v) is 4.17. The standard InChI is InChI=1S/C19H20O3Te/c1-13(2)18(20)22-15-7-11-17(12-8-15)23-16-9-5-14(6-10-16)19(3,4)21/h5-12,21H,1H2,2-4H3. The van der Waals surface area contributed by atoms with Crippen molar-refractivity contribution in [3.8, 4) is 5.75 Å². The number of hydrogen-bond donors (Lipinski definition) is 1. The van der Waals surface area contributed by atoms with Crippen LogP contribution in [0.2, 0.25) is 0 Å². The van der Waals surface area contributed by atoms with Crippen LogP contribution in [-0.2, 0) is 10.4 Å². The predicted octanol–water partition coefficient (Wildman–Crippen LogP) is 2.05. The molecular formula is C19H20O3Te. The quantitative estimate of drug-likeness (QED) is 0.346. The molecule has 0 aliphatic rings. The van der Waals surface area contributed by atoms with Crippen LogP contribution in [0, 0.1) is 0 Å². The molecule has 0 heterocycles. The van der Waals surface area contributed by atoms with Gasteiger partial charge in [-0.1, -0.05) is 0 Å². The van der Waals surface area contributed by atoms with E-state index in [4.69, 9.17) is 4.74 Å². The Morgan fingerprint density at radius 2 is 1.52 bits per heavy atom. The molecule has 0 fully saturated rings. The zero-order valence-corrected chi connectivity index (χ0v) is 15.8. The van der Waals surface area contributed by atoms with Gasteiger partial charge in [-0.15, -0.1) is 0 Å². The van der Waals surface area contributed by atoms with Gasteiger partial charge in [0.2, 0.25) is 0 Å². The van der Waals surface area contributed by atoms with E-state index in [9.17, 15) is 9.90 Å². The summed E-state index contributed by atoms with van der Waals surface area (Å²) < 4.78 is 7.72. The number of carbonyl (C=O) groups excluding carboxylic acids is 1. The molecule has 0 spiro atoms. The van der Waals surface area contributed by atoms with Gasteiger partial charge in [-0.2, -0.15) is 0 Å². The Morgan fingerprint density at radius 3 is 1.96 bits per heavy atom. The van der Waals surface area contributed by atoms with E-state index in [1.165, 1.54) is 7.22 Å². The Morgan fingerprint density at radius 1 is 1.04 bits per heavy atom. The summed E-state index contributed by atoms with van der Waals surface area (Å²) in [5.41, 5.74) is 0.485. The van der Waals surface area contributed by atoms with Gasteiger partial charge >= 0.3 is 147 Å². The molecule has 0 aliphatic carbocycles. The summed E-state index contributed by atoms with van der Waals surface area (Å²) in [5, 5.41) is 9.97. The number of hydrogen-bond acceptors (Lipinski definition) is 3. The van der Waals surface area contributed by atoms with Crippen LogP contribution in [0.1, 0.15) is 26.3 Å². The summed E-state index contributed by atoms with van der Waals surface area (Å²) in [6.45, 7) is 8.75. The monoisotopic (exact) mass is 426 g/mol. The van der Waals surface area contributed by atoms with E-state index in [2.05, 4.69) is 18.7 Å². The second-order valence-corrected chi connectivity index (χ2v) is 9.10. The van der Waals surface area contributed by atoms with E-state index in [1.807, 2.05) is 36.4 Å². The van der Waals surface area contributed by atoms with E-state index >= 15 is 0 Å². The molecule has 0 amide bonds. The van der Waals surface area contributed by atoms with Gasteiger partial charge in [0, 0.05) is 0 Å². The average Bonchev–Trinajstić information content (AvgIpc) is 2.49. The minimum atomic E-state index is -0.812. The minimum absolute atomic E-state index is 0.384. The first-order chi connectivity index (χ1) is 10.8. The van der Waals surface area contributed by atoms with Crippen molar-refractivity contribution in [1.82, 2.24) is 0 Å². The first kappa shape index (κ1) is 17.7. The third-order valence-corrected chi connectivity index (χ3v) is 6.08. The van der Waals surface area contributed by atoms with Crippen LogP contribution in [-0.4, -0.2) is 32.0 Å². The third kappa shape index (κ3) is 5.21. The van der Waals surface area contributed by atoms with Gasteiger partial charge in [0.05, 0.1) is 0 Å². The van der Waals surface area contributed by atoms with Crippen molar-refractivity contribution in [2.75, 3.05) is 0 Å². The summed E-state index contributed by atoms with van der Waals surface area (Å²) >= 11 is -0.505. The van der Waals surface area contributed by atoms with Gasteiger partial charge < -0.3 is 0 Å². The topological polar surface area (TPSA) is 46.5 Å². The molecule has 0 saturated carbocycles. The molecule has 23 heavy (non-hydrogen) atoms. The number of benzene rings is 2. The zero-order chi connectivity index (χ0) is 17.0. The number of esters is 1. The molecule has 0 radical (unpaired) electrons. The van der Waals surface area contributed by atoms with Crippen molar-refractivity contribution >= 4 is 34.1 Å². The fraction of sp³-hybridized carbons (Fsp3) is 0.211. The van der Waals surface area contributed by atoms with E-state index < -0.39 is 32.5 Å². The summed E-state index contributed by atoms with van der Waals surface area (Å²) in [4.78, 5) is 11.5. The second-order valence-electron chi connectivity index (χ2n) is 5.83. The van der Waals surface area contributed by atoms with Crippen molar-refractivity contribution in [3.63, 3.8) is 0 Å². The molecule has 120 valence electrons. The van der Waals surface area contributed by atoms with E-state index in [0.29, 0.717) is 11.3 Å². The zero-order valence-electron chi connectivity index (χ0n) is 13.5. The van der Waals surface area contributed by atoms with Gasteiger partial charge in [-0.3, -0.25) is 0 Å². The van der Waals surface area contributed by atoms with E-state index in [-0.39, 0.29) is 0 Å². The van der Waals surface area contributed by atoms with Crippen molar-refractivity contribution in [3.05, 3.63) is 66.2 Å². The molecule has 0 aromatic heterocycles. The normalized spacial score (nSPS) is 11.1. The Balaban J connectivity index is 2.03. The first-order valence-corrected chi connectivity index (χ1v) is 9.57. The molecule has 0 aliphatic heterocycles. The first-order valence-electron chi connectivity index (χ1n) is 7.24. The van der Waals surface area contributed by atoms with Crippen LogP contribution in [0.5, 0.6) is 5.75 Å². The van der Waals surface area contributed by atoms with Gasteiger partial charge in [0.1, 0.15) is 0 Å². The Bertz CT molecular complexity index is 695. The number of ether oxygens (including phenoxy) is 1. The van der Waals surface area contributed by atoms with Crippen molar-refractivity contribution < 1.29 is 14.6 Å². The molecule has 1 N–H and O–H groups in total. The molecule has 2 aromatic carbocycles. The Labute approximate surface area is 147 Å². The van der Waals surface area contributed by atoms with Crippen molar-refractivity contribution in [1.29, 1.82) is 0 Å². The summed E-state index contributed by atoms with van der Waals surface area (Å²) in [5.74, 6) is 0.128. The maximum atomic E-state index is 11.5. The molecule has 0 unspecified atom stereocenters. The third-order valence-electron chi connectivity index (χ3n) is 3.18. The Kier molecular flexibility index (Phi) is 5.64. The van der Waals surface area contributed by atoms with Gasteiger partial charge in [0.15, 0.2) is 0 Å². The van der Waals surface area contributed by atoms with Gasteiger partial charge in [-0.05, 0) is 0 Å². The summed E-state index contributed by atoms with van der Waals surface area (Å²) in [7, 11) is 0. The van der Waals surface area contributed by atoms with Crippen molar-refractivity contribution in [2.24, 2.45) is 0 Å².